The Bertz CT molecular complexity index is 1240. The highest BCUT2D eigenvalue weighted by atomic mass is 32.2. The molecule has 1 aromatic heterocycles. The Morgan fingerprint density at radius 2 is 1.88 bits per heavy atom. The molecule has 4 rings (SSSR count). The van der Waals surface area contributed by atoms with Gasteiger partial charge in [-0.15, -0.1) is 10.2 Å². The molecule has 0 radical (unpaired) electrons. The average Bonchev–Trinajstić information content (AvgIpc) is 3.02. The quantitative estimate of drug-likeness (QED) is 0.607. The van der Waals surface area contributed by atoms with Crippen LogP contribution in [0.3, 0.4) is 0 Å². The van der Waals surface area contributed by atoms with Crippen molar-refractivity contribution in [1.82, 2.24) is 14.8 Å². The Morgan fingerprint density at radius 1 is 1.09 bits per heavy atom. The number of halogens is 1. The summed E-state index contributed by atoms with van der Waals surface area (Å²) in [6.45, 7) is 2.66. The molecular weight excluding hydrogens is 431 g/mol. The Kier molecular flexibility index (Phi) is 6.36. The Labute approximate surface area is 186 Å². The van der Waals surface area contributed by atoms with E-state index in [1.165, 1.54) is 24.3 Å². The van der Waals surface area contributed by atoms with E-state index >= 15 is 0 Å². The second-order valence-corrected chi connectivity index (χ2v) is 10.1. The fraction of sp³-hybridized carbons (Fsp3) is 0.348. The summed E-state index contributed by atoms with van der Waals surface area (Å²) in [5.41, 5.74) is 1.59. The van der Waals surface area contributed by atoms with Crippen LogP contribution in [0.25, 0.3) is 11.4 Å². The molecule has 0 aliphatic carbocycles. The van der Waals surface area contributed by atoms with Crippen molar-refractivity contribution in [3.8, 4) is 11.4 Å². The Hall–Kier alpha value is -3.07. The topological polar surface area (TPSA) is 93.9 Å². The van der Waals surface area contributed by atoms with Gasteiger partial charge in [0.2, 0.25) is 5.91 Å². The monoisotopic (exact) mass is 456 g/mol. The molecular formula is C23H25FN4O3S. The van der Waals surface area contributed by atoms with Crippen molar-refractivity contribution in [2.75, 3.05) is 11.1 Å². The zero-order valence-electron chi connectivity index (χ0n) is 17.8. The van der Waals surface area contributed by atoms with Crippen LogP contribution in [0.4, 0.5) is 10.1 Å². The van der Waals surface area contributed by atoms with Crippen molar-refractivity contribution in [3.63, 3.8) is 0 Å². The molecule has 0 bridgehead atoms. The average molecular weight is 457 g/mol. The molecule has 32 heavy (non-hydrogen) atoms. The van der Waals surface area contributed by atoms with Gasteiger partial charge in [0.15, 0.2) is 15.7 Å². The van der Waals surface area contributed by atoms with Crippen molar-refractivity contribution in [3.05, 3.63) is 59.7 Å². The van der Waals surface area contributed by atoms with Gasteiger partial charge in [-0.3, -0.25) is 4.79 Å². The van der Waals surface area contributed by atoms with Gasteiger partial charge in [0.25, 0.3) is 0 Å². The van der Waals surface area contributed by atoms with Gasteiger partial charge in [-0.2, -0.15) is 0 Å². The molecule has 1 aliphatic heterocycles. The van der Waals surface area contributed by atoms with Crippen LogP contribution in [0, 0.1) is 12.7 Å². The van der Waals surface area contributed by atoms with Crippen LogP contribution in [0.5, 0.6) is 0 Å². The first kappa shape index (κ1) is 22.1. The van der Waals surface area contributed by atoms with E-state index in [1.54, 1.807) is 18.2 Å². The predicted octanol–water partition coefficient (Wildman–Crippen LogP) is 3.92. The van der Waals surface area contributed by atoms with E-state index in [0.29, 0.717) is 11.4 Å². The van der Waals surface area contributed by atoms with E-state index in [0.717, 1.165) is 43.6 Å². The number of amides is 1. The lowest BCUT2D eigenvalue weighted by molar-refractivity contribution is -0.115. The van der Waals surface area contributed by atoms with Gasteiger partial charge in [-0.05, 0) is 50.1 Å². The smallest absolute Gasteiger partial charge is 0.225 e. The molecule has 0 saturated carbocycles. The number of nitrogens with one attached hydrogen (secondary N) is 1. The molecule has 2 heterocycles. The zero-order valence-corrected chi connectivity index (χ0v) is 18.7. The van der Waals surface area contributed by atoms with Crippen molar-refractivity contribution in [2.24, 2.45) is 0 Å². The number of benzene rings is 2. The second-order valence-electron chi connectivity index (χ2n) is 8.03. The molecule has 0 spiro atoms. The number of aryl methyl sites for hydroxylation is 2. The summed E-state index contributed by atoms with van der Waals surface area (Å²) in [5, 5.41) is 11.0. The van der Waals surface area contributed by atoms with Crippen LogP contribution in [-0.2, 0) is 27.6 Å². The number of rotatable bonds is 6. The zero-order chi connectivity index (χ0) is 22.7. The molecule has 168 valence electrons. The van der Waals surface area contributed by atoms with Crippen molar-refractivity contribution >= 4 is 21.4 Å². The molecule has 0 saturated heterocycles. The fourth-order valence-electron chi connectivity index (χ4n) is 3.76. The number of aromatic nitrogens is 3. The van der Waals surface area contributed by atoms with Crippen molar-refractivity contribution < 1.29 is 17.6 Å². The summed E-state index contributed by atoms with van der Waals surface area (Å²) in [5.74, 6) is 0.0185. The van der Waals surface area contributed by atoms with E-state index in [4.69, 9.17) is 0 Å². The molecule has 0 fully saturated rings. The maximum absolute atomic E-state index is 14.4. The minimum Gasteiger partial charge on any atom is -0.324 e. The van der Waals surface area contributed by atoms with Gasteiger partial charge in [0, 0.05) is 24.9 Å². The molecule has 1 N–H and O–H groups in total. The summed E-state index contributed by atoms with van der Waals surface area (Å²) in [4.78, 5) is 12.6. The number of fused-ring (bicyclic) bond motifs is 1. The third-order valence-corrected chi connectivity index (χ3v) is 7.32. The van der Waals surface area contributed by atoms with Crippen LogP contribution in [0.15, 0.2) is 47.4 Å². The summed E-state index contributed by atoms with van der Waals surface area (Å²) < 4.78 is 41.4. The number of anilines is 1. The molecule has 7 nitrogen and oxygen atoms in total. The molecule has 1 amide bonds. The highest BCUT2D eigenvalue weighted by Gasteiger charge is 2.19. The minimum absolute atomic E-state index is 0.00814. The molecule has 9 heteroatoms. The van der Waals surface area contributed by atoms with E-state index in [9.17, 15) is 17.6 Å². The maximum Gasteiger partial charge on any atom is 0.225 e. The lowest BCUT2D eigenvalue weighted by atomic mass is 10.1. The summed E-state index contributed by atoms with van der Waals surface area (Å²) in [6.07, 6.45) is 3.79. The first-order valence-electron chi connectivity index (χ1n) is 10.6. The highest BCUT2D eigenvalue weighted by Crippen LogP contribution is 2.27. The molecule has 2 aromatic carbocycles. The van der Waals surface area contributed by atoms with E-state index < -0.39 is 21.6 Å². The summed E-state index contributed by atoms with van der Waals surface area (Å²) in [7, 11) is -3.61. The van der Waals surface area contributed by atoms with E-state index in [1.807, 2.05) is 11.5 Å². The SMILES string of the molecule is Cc1ccc(S(=O)(=O)CCC(=O)Nc2cc(-c3nnc4n3CCCCC4)ccc2F)cc1. The van der Waals surface area contributed by atoms with Crippen LogP contribution in [-0.4, -0.2) is 34.8 Å². The highest BCUT2D eigenvalue weighted by molar-refractivity contribution is 7.91. The van der Waals surface area contributed by atoms with Gasteiger partial charge in [0.1, 0.15) is 11.6 Å². The lowest BCUT2D eigenvalue weighted by Gasteiger charge is -2.11. The van der Waals surface area contributed by atoms with Gasteiger partial charge in [-0.25, -0.2) is 12.8 Å². The number of hydrogen-bond donors (Lipinski definition) is 1. The van der Waals surface area contributed by atoms with Gasteiger partial charge >= 0.3 is 0 Å². The summed E-state index contributed by atoms with van der Waals surface area (Å²) >= 11 is 0. The van der Waals surface area contributed by atoms with Crippen LogP contribution in [0.2, 0.25) is 0 Å². The number of hydrogen-bond acceptors (Lipinski definition) is 5. The molecule has 0 atom stereocenters. The normalized spacial score (nSPS) is 13.9. The van der Waals surface area contributed by atoms with Crippen molar-refractivity contribution in [2.45, 2.75) is 50.5 Å². The largest absolute Gasteiger partial charge is 0.324 e. The van der Waals surface area contributed by atoms with Crippen LogP contribution >= 0.6 is 0 Å². The number of carbonyl (C=O) groups excluding carboxylic acids is 1. The van der Waals surface area contributed by atoms with Gasteiger partial charge in [0.05, 0.1) is 16.3 Å². The number of nitrogens with zero attached hydrogens (tertiary/aromatic N) is 3. The Morgan fingerprint density at radius 3 is 2.66 bits per heavy atom. The maximum atomic E-state index is 14.4. The number of sulfone groups is 1. The van der Waals surface area contributed by atoms with Crippen molar-refractivity contribution in [1.29, 1.82) is 0 Å². The summed E-state index contributed by atoms with van der Waals surface area (Å²) in [6, 6.07) is 10.9. The second kappa shape index (κ2) is 9.20. The third kappa shape index (κ3) is 4.88. The van der Waals surface area contributed by atoms with Crippen LogP contribution < -0.4 is 5.32 Å². The fourth-order valence-corrected chi connectivity index (χ4v) is 5.00. The van der Waals surface area contributed by atoms with E-state index in [2.05, 4.69) is 15.5 Å². The predicted molar refractivity (Wildman–Crippen MR) is 119 cm³/mol. The van der Waals surface area contributed by atoms with Crippen LogP contribution in [0.1, 0.15) is 37.1 Å². The molecule has 1 aliphatic rings. The van der Waals surface area contributed by atoms with Gasteiger partial charge in [-0.1, -0.05) is 24.1 Å². The van der Waals surface area contributed by atoms with E-state index in [-0.39, 0.29) is 22.8 Å². The Balaban J connectivity index is 1.47. The molecule has 0 unspecified atom stereocenters. The third-order valence-electron chi connectivity index (χ3n) is 5.59. The minimum atomic E-state index is -3.61. The lowest BCUT2D eigenvalue weighted by Crippen LogP contribution is -2.18. The standard InChI is InChI=1S/C23H25FN4O3S/c1-16-6-9-18(10-7-16)32(30,31)14-12-22(29)25-20-15-17(8-11-19(20)24)23-27-26-21-5-3-2-4-13-28(21)23/h6-11,15H,2-5,12-14H2,1H3,(H,25,29). The first-order valence-corrected chi connectivity index (χ1v) is 12.3. The number of carbonyl (C=O) groups is 1. The molecule has 3 aromatic rings. The van der Waals surface area contributed by atoms with Gasteiger partial charge < -0.3 is 9.88 Å². The first-order chi connectivity index (χ1) is 15.3.